The molecule has 1 aliphatic carbocycles. The molecule has 0 bridgehead atoms. The van der Waals surface area contributed by atoms with E-state index in [4.69, 9.17) is 11.6 Å². The maximum atomic E-state index is 6.28. The number of benzene rings is 1. The van der Waals surface area contributed by atoms with Crippen molar-refractivity contribution in [1.82, 2.24) is 4.90 Å². The van der Waals surface area contributed by atoms with Gasteiger partial charge < -0.3 is 5.32 Å². The number of nitrogens with one attached hydrogen (secondary N) is 1. The molecule has 1 saturated heterocycles. The highest BCUT2D eigenvalue weighted by Crippen LogP contribution is 2.34. The zero-order valence-corrected chi connectivity index (χ0v) is 11.9. The lowest BCUT2D eigenvalue weighted by Gasteiger charge is -2.20. The molecule has 3 rings (SSSR count). The van der Waals surface area contributed by atoms with E-state index < -0.39 is 0 Å². The van der Waals surface area contributed by atoms with E-state index in [1.165, 1.54) is 24.8 Å². The molecule has 0 amide bonds. The molecule has 1 aliphatic heterocycles. The molecule has 18 heavy (non-hydrogen) atoms. The third kappa shape index (κ3) is 2.50. The van der Waals surface area contributed by atoms with Gasteiger partial charge in [-0.25, -0.2) is 0 Å². The van der Waals surface area contributed by atoms with E-state index in [1.807, 2.05) is 6.07 Å². The monoisotopic (exact) mass is 264 g/mol. The summed E-state index contributed by atoms with van der Waals surface area (Å²) in [6.45, 7) is 5.58. The Bertz CT molecular complexity index is 442. The summed E-state index contributed by atoms with van der Waals surface area (Å²) in [5.74, 6) is 0. The van der Waals surface area contributed by atoms with Gasteiger partial charge in [0.15, 0.2) is 0 Å². The second-order valence-electron chi connectivity index (χ2n) is 5.84. The van der Waals surface area contributed by atoms with E-state index in [2.05, 4.69) is 36.2 Å². The average molecular weight is 265 g/mol. The maximum absolute atomic E-state index is 6.28. The lowest BCUT2D eigenvalue weighted by atomic mass is 10.1. The molecular weight excluding hydrogens is 244 g/mol. The van der Waals surface area contributed by atoms with Crippen molar-refractivity contribution in [1.29, 1.82) is 0 Å². The third-order valence-corrected chi connectivity index (χ3v) is 4.44. The number of nitrogens with zero attached hydrogens (tertiary/aromatic N) is 1. The van der Waals surface area contributed by atoms with Crippen LogP contribution >= 0.6 is 11.6 Å². The Labute approximate surface area is 114 Å². The lowest BCUT2D eigenvalue weighted by Crippen LogP contribution is -2.31. The second-order valence-corrected chi connectivity index (χ2v) is 6.24. The summed E-state index contributed by atoms with van der Waals surface area (Å²) in [5.41, 5.74) is 2.29. The van der Waals surface area contributed by atoms with Crippen LogP contribution in [0.2, 0.25) is 5.02 Å². The summed E-state index contributed by atoms with van der Waals surface area (Å²) in [7, 11) is 0. The fraction of sp³-hybridized carbons (Fsp3) is 0.600. The van der Waals surface area contributed by atoms with Crippen molar-refractivity contribution in [2.75, 3.05) is 11.9 Å². The number of hydrogen-bond acceptors (Lipinski definition) is 2. The van der Waals surface area contributed by atoms with Crippen molar-refractivity contribution in [3.05, 3.63) is 28.8 Å². The van der Waals surface area contributed by atoms with Gasteiger partial charge in [-0.15, -0.1) is 0 Å². The molecule has 3 heteroatoms. The van der Waals surface area contributed by atoms with Crippen LogP contribution in [0.1, 0.15) is 31.7 Å². The quantitative estimate of drug-likeness (QED) is 0.896. The Balaban J connectivity index is 1.66. The maximum Gasteiger partial charge on any atom is 0.0640 e. The van der Waals surface area contributed by atoms with E-state index in [-0.39, 0.29) is 0 Å². The first-order valence-electron chi connectivity index (χ1n) is 6.92. The molecule has 0 spiro atoms. The van der Waals surface area contributed by atoms with Gasteiger partial charge in [-0.3, -0.25) is 4.90 Å². The third-order valence-electron chi connectivity index (χ3n) is 4.12. The van der Waals surface area contributed by atoms with Crippen LogP contribution in [0.4, 0.5) is 5.69 Å². The van der Waals surface area contributed by atoms with E-state index in [0.717, 1.165) is 23.3 Å². The molecule has 1 aromatic carbocycles. The van der Waals surface area contributed by atoms with Crippen LogP contribution in [0.15, 0.2) is 18.2 Å². The van der Waals surface area contributed by atoms with Crippen LogP contribution in [0, 0.1) is 6.92 Å². The first-order chi connectivity index (χ1) is 8.63. The van der Waals surface area contributed by atoms with Crippen molar-refractivity contribution in [2.24, 2.45) is 0 Å². The van der Waals surface area contributed by atoms with E-state index in [9.17, 15) is 0 Å². The summed E-state index contributed by atoms with van der Waals surface area (Å²) in [5, 5.41) is 4.45. The minimum atomic E-state index is 0.542. The van der Waals surface area contributed by atoms with E-state index in [0.29, 0.717) is 12.1 Å². The van der Waals surface area contributed by atoms with Crippen LogP contribution in [-0.2, 0) is 0 Å². The van der Waals surface area contributed by atoms with Crippen molar-refractivity contribution in [3.63, 3.8) is 0 Å². The molecule has 0 aromatic heterocycles. The van der Waals surface area contributed by atoms with Crippen molar-refractivity contribution in [3.8, 4) is 0 Å². The molecular formula is C15H21ClN2. The average Bonchev–Trinajstić information content (AvgIpc) is 3.08. The molecule has 1 N–H and O–H groups in total. The van der Waals surface area contributed by atoms with Crippen molar-refractivity contribution in [2.45, 2.75) is 51.2 Å². The van der Waals surface area contributed by atoms with Crippen LogP contribution in [-0.4, -0.2) is 29.6 Å². The van der Waals surface area contributed by atoms with E-state index >= 15 is 0 Å². The molecule has 2 atom stereocenters. The van der Waals surface area contributed by atoms with Gasteiger partial charge in [0.2, 0.25) is 0 Å². The molecule has 98 valence electrons. The summed E-state index contributed by atoms with van der Waals surface area (Å²) < 4.78 is 0. The normalized spacial score (nSPS) is 28.6. The Morgan fingerprint density at radius 3 is 2.78 bits per heavy atom. The molecule has 0 radical (unpaired) electrons. The smallest absolute Gasteiger partial charge is 0.0640 e. The Kier molecular flexibility index (Phi) is 3.25. The fourth-order valence-corrected chi connectivity index (χ4v) is 3.32. The van der Waals surface area contributed by atoms with Gasteiger partial charge in [-0.2, -0.15) is 0 Å². The summed E-state index contributed by atoms with van der Waals surface area (Å²) in [4.78, 5) is 2.65. The van der Waals surface area contributed by atoms with Gasteiger partial charge >= 0.3 is 0 Å². The first-order valence-corrected chi connectivity index (χ1v) is 7.29. The SMILES string of the molecule is Cc1ccc(NC2CC(C)N(C3CC3)C2)c(Cl)c1. The highest BCUT2D eigenvalue weighted by molar-refractivity contribution is 6.33. The Morgan fingerprint density at radius 2 is 2.11 bits per heavy atom. The molecule has 2 unspecified atom stereocenters. The molecule has 1 saturated carbocycles. The summed E-state index contributed by atoms with van der Waals surface area (Å²) in [6, 6.07) is 8.36. The van der Waals surface area contributed by atoms with Crippen LogP contribution in [0.25, 0.3) is 0 Å². The second kappa shape index (κ2) is 4.75. The minimum Gasteiger partial charge on any atom is -0.380 e. The number of halogens is 1. The van der Waals surface area contributed by atoms with Gasteiger partial charge in [-0.05, 0) is 50.8 Å². The Hall–Kier alpha value is -0.730. The van der Waals surface area contributed by atoms with Crippen molar-refractivity contribution < 1.29 is 0 Å². The topological polar surface area (TPSA) is 15.3 Å². The van der Waals surface area contributed by atoms with Gasteiger partial charge in [-0.1, -0.05) is 17.7 Å². The Morgan fingerprint density at radius 1 is 1.33 bits per heavy atom. The first kappa shape index (κ1) is 12.3. The van der Waals surface area contributed by atoms with Gasteiger partial charge in [0.05, 0.1) is 10.7 Å². The number of hydrogen-bond donors (Lipinski definition) is 1. The van der Waals surface area contributed by atoms with E-state index in [1.54, 1.807) is 0 Å². The molecule has 2 aliphatic rings. The van der Waals surface area contributed by atoms with Crippen molar-refractivity contribution >= 4 is 17.3 Å². The number of likely N-dealkylation sites (tertiary alicyclic amines) is 1. The van der Waals surface area contributed by atoms with Crippen LogP contribution < -0.4 is 5.32 Å². The summed E-state index contributed by atoms with van der Waals surface area (Å²) in [6.07, 6.45) is 4.01. The molecule has 2 nitrogen and oxygen atoms in total. The minimum absolute atomic E-state index is 0.542. The van der Waals surface area contributed by atoms with Gasteiger partial charge in [0, 0.05) is 24.7 Å². The zero-order chi connectivity index (χ0) is 12.7. The molecule has 1 heterocycles. The molecule has 1 aromatic rings. The predicted molar refractivity (Wildman–Crippen MR) is 77.4 cm³/mol. The van der Waals surface area contributed by atoms with Gasteiger partial charge in [0.25, 0.3) is 0 Å². The predicted octanol–water partition coefficient (Wildman–Crippen LogP) is 3.69. The summed E-state index contributed by atoms with van der Waals surface area (Å²) >= 11 is 6.28. The fourth-order valence-electron chi connectivity index (χ4n) is 3.03. The van der Waals surface area contributed by atoms with Crippen LogP contribution in [0.5, 0.6) is 0 Å². The number of anilines is 1. The number of rotatable bonds is 3. The lowest BCUT2D eigenvalue weighted by molar-refractivity contribution is 0.257. The van der Waals surface area contributed by atoms with Crippen LogP contribution in [0.3, 0.4) is 0 Å². The number of aryl methyl sites for hydroxylation is 1. The standard InChI is InChI=1S/C15H21ClN2/c1-10-3-6-15(14(16)7-10)17-12-8-11(2)18(9-12)13-4-5-13/h3,6-7,11-13,17H,4-5,8-9H2,1-2H3. The zero-order valence-electron chi connectivity index (χ0n) is 11.1. The van der Waals surface area contributed by atoms with Gasteiger partial charge in [0.1, 0.15) is 0 Å². The highest BCUT2D eigenvalue weighted by Gasteiger charge is 2.38. The molecule has 2 fully saturated rings. The highest BCUT2D eigenvalue weighted by atomic mass is 35.5. The largest absolute Gasteiger partial charge is 0.380 e.